The van der Waals surface area contributed by atoms with Crippen molar-refractivity contribution in [3.63, 3.8) is 0 Å². The first kappa shape index (κ1) is 35.9. The molecule has 1 amide bonds. The summed E-state index contributed by atoms with van der Waals surface area (Å²) in [4.78, 5) is 19.1. The molecule has 258 valence electrons. The number of hydrogen-bond acceptors (Lipinski definition) is 6. The van der Waals surface area contributed by atoms with Crippen molar-refractivity contribution in [1.29, 1.82) is 0 Å². The zero-order chi connectivity index (χ0) is 35.2. The van der Waals surface area contributed by atoms with Crippen molar-refractivity contribution in [3.05, 3.63) is 135 Å². The molecule has 1 heterocycles. The molecule has 0 saturated heterocycles. The van der Waals surface area contributed by atoms with Gasteiger partial charge in [-0.05, 0) is 71.3 Å². The third-order valence-electron chi connectivity index (χ3n) is 7.66. The van der Waals surface area contributed by atoms with Crippen LogP contribution in [0.2, 0.25) is 0 Å². The molecule has 4 aromatic carbocycles. The lowest BCUT2D eigenvalue weighted by Crippen LogP contribution is -2.53. The number of ether oxygens (including phenoxy) is 2. The summed E-state index contributed by atoms with van der Waals surface area (Å²) < 4.78 is 93.4. The number of aliphatic hydroxyl groups is 1. The number of benzene rings is 4. The van der Waals surface area contributed by atoms with Crippen molar-refractivity contribution in [3.8, 4) is 5.75 Å². The number of hydrazine groups is 1. The van der Waals surface area contributed by atoms with E-state index in [9.17, 15) is 31.1 Å². The highest BCUT2D eigenvalue weighted by atomic mass is 79.9. The summed E-state index contributed by atoms with van der Waals surface area (Å²) >= 11 is 3.41. The third-order valence-corrected chi connectivity index (χ3v) is 8.19. The van der Waals surface area contributed by atoms with E-state index >= 15 is 0 Å². The summed E-state index contributed by atoms with van der Waals surface area (Å²) in [5, 5.41) is 9.02. The fraction of sp³-hybridized carbons (Fsp3) is 0.257. The number of nitrogens with zero attached hydrogens (tertiary/aromatic N) is 1. The van der Waals surface area contributed by atoms with Crippen LogP contribution in [0.3, 0.4) is 0 Å². The van der Waals surface area contributed by atoms with Crippen molar-refractivity contribution < 1.29 is 45.7 Å². The van der Waals surface area contributed by atoms with Crippen LogP contribution in [0.15, 0.2) is 107 Å². The van der Waals surface area contributed by atoms with Crippen LogP contribution >= 0.6 is 15.9 Å². The number of nitrogens with one attached hydrogen (secondary N) is 2. The number of hydrogen-bond donors (Lipinski definition) is 3. The summed E-state index contributed by atoms with van der Waals surface area (Å²) in [6.45, 7) is -0.266. The lowest BCUT2D eigenvalue weighted by Gasteiger charge is -2.31. The Hall–Kier alpha value is -4.40. The van der Waals surface area contributed by atoms with Gasteiger partial charge in [-0.25, -0.2) is 10.4 Å². The van der Waals surface area contributed by atoms with Crippen LogP contribution in [0.4, 0.5) is 26.3 Å². The molecule has 7 nitrogen and oxygen atoms in total. The van der Waals surface area contributed by atoms with E-state index in [-0.39, 0.29) is 30.6 Å². The van der Waals surface area contributed by atoms with Gasteiger partial charge in [0.15, 0.2) is 11.6 Å². The van der Waals surface area contributed by atoms with Gasteiger partial charge in [0, 0.05) is 36.0 Å². The number of carbonyl (C=O) groups excluding carboxylic acids is 1. The first-order valence-corrected chi connectivity index (χ1v) is 15.8. The third kappa shape index (κ3) is 8.80. The van der Waals surface area contributed by atoms with Crippen LogP contribution < -0.4 is 15.6 Å². The minimum absolute atomic E-state index is 0.0187. The van der Waals surface area contributed by atoms with Gasteiger partial charge in [0.2, 0.25) is 5.90 Å². The summed E-state index contributed by atoms with van der Waals surface area (Å²) in [5.41, 5.74) is 1.86. The van der Waals surface area contributed by atoms with Crippen LogP contribution in [-0.2, 0) is 34.8 Å². The normalized spacial score (nSPS) is 17.7. The summed E-state index contributed by atoms with van der Waals surface area (Å²) in [5.74, 6) is -0.0547. The minimum Gasteiger partial charge on any atom is -0.494 e. The second-order valence-electron chi connectivity index (χ2n) is 11.2. The lowest BCUT2D eigenvalue weighted by atomic mass is 9.82. The maximum Gasteiger partial charge on any atom is 0.416 e. The highest BCUT2D eigenvalue weighted by Gasteiger charge is 2.53. The number of halogens is 7. The van der Waals surface area contributed by atoms with Crippen LogP contribution in [0.5, 0.6) is 5.75 Å². The van der Waals surface area contributed by atoms with E-state index in [1.54, 1.807) is 78.9 Å². The molecular formula is C35H30BrF6N3O4. The van der Waals surface area contributed by atoms with E-state index in [0.29, 0.717) is 47.6 Å². The molecule has 14 heteroatoms. The Kier molecular flexibility index (Phi) is 11.0. The Bertz CT molecular complexity index is 1740. The van der Waals surface area contributed by atoms with Crippen LogP contribution in [0, 0.1) is 0 Å². The molecule has 0 unspecified atom stereocenters. The molecule has 1 aliphatic heterocycles. The molecule has 0 fully saturated rings. The zero-order valence-corrected chi connectivity index (χ0v) is 27.2. The predicted molar refractivity (Wildman–Crippen MR) is 172 cm³/mol. The van der Waals surface area contributed by atoms with Crippen LogP contribution in [0.25, 0.3) is 0 Å². The second kappa shape index (κ2) is 15.0. The molecular weight excluding hydrogens is 720 g/mol. The van der Waals surface area contributed by atoms with Crippen LogP contribution in [0.1, 0.15) is 45.9 Å². The largest absolute Gasteiger partial charge is 0.494 e. The van der Waals surface area contributed by atoms with E-state index in [1.165, 1.54) is 0 Å². The average Bonchev–Trinajstić information content (AvgIpc) is 3.45. The average molecular weight is 751 g/mol. The summed E-state index contributed by atoms with van der Waals surface area (Å²) in [6.07, 6.45) is -10.6. The van der Waals surface area contributed by atoms with Gasteiger partial charge in [0.05, 0.1) is 17.7 Å². The van der Waals surface area contributed by atoms with E-state index < -0.39 is 47.6 Å². The van der Waals surface area contributed by atoms with Crippen molar-refractivity contribution in [2.75, 3.05) is 13.2 Å². The number of aliphatic imine (C=N–C) groups is 1. The van der Waals surface area contributed by atoms with Crippen molar-refractivity contribution in [2.45, 2.75) is 43.4 Å². The Morgan fingerprint density at radius 1 is 0.878 bits per heavy atom. The molecule has 4 aromatic rings. The Morgan fingerprint density at radius 2 is 1.51 bits per heavy atom. The molecule has 0 radical (unpaired) electrons. The number of alkyl halides is 6. The molecule has 0 bridgehead atoms. The minimum atomic E-state index is -5.02. The monoisotopic (exact) mass is 749 g/mol. The summed E-state index contributed by atoms with van der Waals surface area (Å²) in [7, 11) is 0. The smallest absolute Gasteiger partial charge is 0.416 e. The van der Waals surface area contributed by atoms with Gasteiger partial charge in [-0.3, -0.25) is 10.2 Å². The van der Waals surface area contributed by atoms with Gasteiger partial charge in [-0.2, -0.15) is 26.3 Å². The lowest BCUT2D eigenvalue weighted by molar-refractivity contribution is -0.143. The number of amides is 1. The van der Waals surface area contributed by atoms with Gasteiger partial charge < -0.3 is 14.6 Å². The van der Waals surface area contributed by atoms with Crippen LogP contribution in [-0.4, -0.2) is 35.7 Å². The quantitative estimate of drug-likeness (QED) is 0.0790. The summed E-state index contributed by atoms with van der Waals surface area (Å²) in [6, 6.07) is 24.0. The Morgan fingerprint density at radius 3 is 2.10 bits per heavy atom. The van der Waals surface area contributed by atoms with Gasteiger partial charge in [-0.1, -0.05) is 58.4 Å². The topological polar surface area (TPSA) is 92.2 Å². The first-order chi connectivity index (χ1) is 23.3. The fourth-order valence-corrected chi connectivity index (χ4v) is 5.55. The molecule has 0 saturated carbocycles. The van der Waals surface area contributed by atoms with Crippen molar-refractivity contribution in [1.82, 2.24) is 10.9 Å². The second-order valence-corrected chi connectivity index (χ2v) is 12.1. The van der Waals surface area contributed by atoms with Gasteiger partial charge in [0.25, 0.3) is 5.91 Å². The van der Waals surface area contributed by atoms with E-state index in [1.807, 2.05) is 0 Å². The zero-order valence-electron chi connectivity index (χ0n) is 25.6. The van der Waals surface area contributed by atoms with Gasteiger partial charge in [0.1, 0.15) is 5.75 Å². The maximum atomic E-state index is 14.3. The highest BCUT2D eigenvalue weighted by Crippen LogP contribution is 2.43. The Labute approximate surface area is 286 Å². The molecule has 0 aliphatic carbocycles. The van der Waals surface area contributed by atoms with Crippen molar-refractivity contribution in [2.24, 2.45) is 4.99 Å². The van der Waals surface area contributed by atoms with E-state index in [2.05, 4.69) is 26.8 Å². The molecule has 0 aromatic heterocycles. The standard InChI is InChI=1S/C35H30BrF6N3O4/c36-28-11-7-24(8-12-28)30-33(20-22-5-2-1-3-6-22,44-31(49-30)25-9-13-29(14-10-25)48-16-4-15-46)32(47)45-43-21-23-17-26(34(37,38)39)19-27(18-23)35(40,41)42/h1-3,5-14,17-19,30,43,46H,4,15-16,20-21H2,(H,45,47)/t30-,33-/m0/s1. The molecule has 2 atom stereocenters. The van der Waals surface area contributed by atoms with E-state index in [0.717, 1.165) is 4.47 Å². The van der Waals surface area contributed by atoms with Gasteiger partial charge >= 0.3 is 12.4 Å². The molecule has 0 spiro atoms. The highest BCUT2D eigenvalue weighted by molar-refractivity contribution is 9.10. The number of carbonyl (C=O) groups is 1. The van der Waals surface area contributed by atoms with Gasteiger partial charge in [-0.15, -0.1) is 0 Å². The number of rotatable bonds is 12. The number of aliphatic hydroxyl groups excluding tert-OH is 1. The predicted octanol–water partition coefficient (Wildman–Crippen LogP) is 7.57. The molecule has 49 heavy (non-hydrogen) atoms. The maximum absolute atomic E-state index is 14.3. The molecule has 1 aliphatic rings. The van der Waals surface area contributed by atoms with Crippen molar-refractivity contribution >= 4 is 27.7 Å². The molecule has 5 rings (SSSR count). The Balaban J connectivity index is 1.50. The first-order valence-electron chi connectivity index (χ1n) is 15.0. The van der Waals surface area contributed by atoms with E-state index in [4.69, 9.17) is 19.6 Å². The molecule has 3 N–H and O–H groups in total. The SMILES string of the molecule is O=C(NNCc1cc(C(F)(F)F)cc(C(F)(F)F)c1)[C@@]1(Cc2ccccc2)N=C(c2ccc(OCCCO)cc2)O[C@H]1c1ccc(Br)cc1. The fourth-order valence-electron chi connectivity index (χ4n) is 5.28.